The van der Waals surface area contributed by atoms with E-state index in [0.29, 0.717) is 17.6 Å². The number of nitrogens with one attached hydrogen (secondary N) is 2. The van der Waals surface area contributed by atoms with Gasteiger partial charge in [0.05, 0.1) is 6.54 Å². The van der Waals surface area contributed by atoms with Crippen LogP contribution in [0.15, 0.2) is 24.3 Å². The van der Waals surface area contributed by atoms with Crippen molar-refractivity contribution in [2.75, 3.05) is 11.9 Å². The largest absolute Gasteiger partial charge is 0.325 e. The topological polar surface area (TPSA) is 41.1 Å². The number of benzene rings is 1. The van der Waals surface area contributed by atoms with Crippen LogP contribution in [0.1, 0.15) is 25.7 Å². The summed E-state index contributed by atoms with van der Waals surface area (Å²) in [5, 5.41) is 6.78. The molecule has 0 aliphatic heterocycles. The lowest BCUT2D eigenvalue weighted by atomic mass is 10.2. The Hall–Kier alpha value is -1.06. The van der Waals surface area contributed by atoms with Crippen LogP contribution in [-0.2, 0) is 4.79 Å². The Kier molecular flexibility index (Phi) is 4.40. The van der Waals surface area contributed by atoms with Crippen LogP contribution >= 0.6 is 11.6 Å². The van der Waals surface area contributed by atoms with E-state index in [1.807, 2.05) is 0 Å². The van der Waals surface area contributed by atoms with Crippen molar-refractivity contribution in [1.82, 2.24) is 5.32 Å². The minimum atomic E-state index is -0.000720. The van der Waals surface area contributed by atoms with E-state index in [2.05, 4.69) is 10.6 Å². The summed E-state index contributed by atoms with van der Waals surface area (Å²) in [6, 6.07) is 7.65. The van der Waals surface area contributed by atoms with Crippen molar-refractivity contribution < 1.29 is 4.79 Å². The van der Waals surface area contributed by atoms with E-state index in [4.69, 9.17) is 11.6 Å². The number of amides is 1. The fraction of sp³-hybridized carbons (Fsp3) is 0.462. The molecule has 0 radical (unpaired) electrons. The molecule has 0 atom stereocenters. The lowest BCUT2D eigenvalue weighted by molar-refractivity contribution is -0.115. The van der Waals surface area contributed by atoms with E-state index in [1.165, 1.54) is 25.7 Å². The maximum absolute atomic E-state index is 11.6. The monoisotopic (exact) mass is 252 g/mol. The fourth-order valence-corrected chi connectivity index (χ4v) is 2.23. The van der Waals surface area contributed by atoms with E-state index in [1.54, 1.807) is 24.3 Å². The lowest BCUT2D eigenvalue weighted by Gasteiger charge is -2.11. The number of carbonyl (C=O) groups is 1. The van der Waals surface area contributed by atoms with Gasteiger partial charge in [-0.15, -0.1) is 0 Å². The van der Waals surface area contributed by atoms with E-state index in [0.717, 1.165) is 5.69 Å². The summed E-state index contributed by atoms with van der Waals surface area (Å²) in [7, 11) is 0. The first-order valence-corrected chi connectivity index (χ1v) is 6.40. The molecular weight excluding hydrogens is 236 g/mol. The predicted molar refractivity (Wildman–Crippen MR) is 70.3 cm³/mol. The molecule has 2 rings (SSSR count). The summed E-state index contributed by atoms with van der Waals surface area (Å²) in [6.45, 7) is 0.382. The molecule has 4 heteroatoms. The summed E-state index contributed by atoms with van der Waals surface area (Å²) >= 11 is 5.77. The van der Waals surface area contributed by atoms with Crippen molar-refractivity contribution >= 4 is 23.2 Å². The van der Waals surface area contributed by atoms with E-state index in [9.17, 15) is 4.79 Å². The van der Waals surface area contributed by atoms with Gasteiger partial charge in [0, 0.05) is 16.8 Å². The van der Waals surface area contributed by atoms with Gasteiger partial charge in [0.25, 0.3) is 0 Å². The van der Waals surface area contributed by atoms with Crippen LogP contribution in [0.4, 0.5) is 5.69 Å². The number of hydrogen-bond acceptors (Lipinski definition) is 2. The van der Waals surface area contributed by atoms with Gasteiger partial charge < -0.3 is 10.6 Å². The zero-order chi connectivity index (χ0) is 12.1. The van der Waals surface area contributed by atoms with Gasteiger partial charge in [-0.1, -0.05) is 24.4 Å². The second-order valence-corrected chi connectivity index (χ2v) is 4.85. The van der Waals surface area contributed by atoms with Crippen molar-refractivity contribution in [2.45, 2.75) is 31.7 Å². The molecule has 1 fully saturated rings. The Labute approximate surface area is 107 Å². The van der Waals surface area contributed by atoms with Gasteiger partial charge in [0.2, 0.25) is 5.91 Å². The maximum atomic E-state index is 11.6. The smallest absolute Gasteiger partial charge is 0.238 e. The Morgan fingerprint density at radius 2 is 1.88 bits per heavy atom. The zero-order valence-corrected chi connectivity index (χ0v) is 10.5. The highest BCUT2D eigenvalue weighted by Crippen LogP contribution is 2.17. The summed E-state index contributed by atoms with van der Waals surface area (Å²) in [6.07, 6.45) is 4.93. The van der Waals surface area contributed by atoms with Gasteiger partial charge >= 0.3 is 0 Å². The molecule has 0 aromatic heterocycles. The summed E-state index contributed by atoms with van der Waals surface area (Å²) in [4.78, 5) is 11.6. The molecule has 1 aliphatic rings. The first-order valence-electron chi connectivity index (χ1n) is 6.03. The summed E-state index contributed by atoms with van der Waals surface area (Å²) in [5.41, 5.74) is 0.785. The zero-order valence-electron chi connectivity index (χ0n) is 9.71. The van der Waals surface area contributed by atoms with Crippen LogP contribution in [0.3, 0.4) is 0 Å². The molecule has 0 unspecified atom stereocenters. The van der Waals surface area contributed by atoms with E-state index in [-0.39, 0.29) is 5.91 Å². The van der Waals surface area contributed by atoms with Crippen molar-refractivity contribution in [3.8, 4) is 0 Å². The molecule has 3 nitrogen and oxygen atoms in total. The number of anilines is 1. The molecule has 1 saturated carbocycles. The third-order valence-corrected chi connectivity index (χ3v) is 3.29. The highest BCUT2D eigenvalue weighted by Gasteiger charge is 2.15. The third kappa shape index (κ3) is 4.02. The predicted octanol–water partition coefficient (Wildman–Crippen LogP) is 2.81. The van der Waals surface area contributed by atoms with Gasteiger partial charge in [-0.3, -0.25) is 4.79 Å². The highest BCUT2D eigenvalue weighted by atomic mass is 35.5. The van der Waals surface area contributed by atoms with Gasteiger partial charge in [-0.05, 0) is 37.1 Å². The van der Waals surface area contributed by atoms with Crippen LogP contribution in [0, 0.1) is 0 Å². The van der Waals surface area contributed by atoms with E-state index >= 15 is 0 Å². The van der Waals surface area contributed by atoms with Crippen LogP contribution < -0.4 is 10.6 Å². The second kappa shape index (κ2) is 6.03. The minimum Gasteiger partial charge on any atom is -0.325 e. The highest BCUT2D eigenvalue weighted by molar-refractivity contribution is 6.30. The quantitative estimate of drug-likeness (QED) is 0.865. The van der Waals surface area contributed by atoms with Crippen LogP contribution in [-0.4, -0.2) is 18.5 Å². The Morgan fingerprint density at radius 1 is 1.24 bits per heavy atom. The normalized spacial score (nSPS) is 16.1. The second-order valence-electron chi connectivity index (χ2n) is 4.42. The molecule has 17 heavy (non-hydrogen) atoms. The Morgan fingerprint density at radius 3 is 2.53 bits per heavy atom. The standard InChI is InChI=1S/C13H17ClN2O/c14-10-5-7-12(8-6-10)16-13(17)9-15-11-3-1-2-4-11/h5-8,11,15H,1-4,9H2,(H,16,17). The molecular formula is C13H17ClN2O. The number of carbonyl (C=O) groups excluding carboxylic acids is 1. The average molecular weight is 253 g/mol. The molecule has 1 aliphatic carbocycles. The first-order chi connectivity index (χ1) is 8.24. The molecule has 0 saturated heterocycles. The Bertz CT molecular complexity index is 372. The van der Waals surface area contributed by atoms with Crippen LogP contribution in [0.5, 0.6) is 0 Å². The third-order valence-electron chi connectivity index (χ3n) is 3.03. The molecule has 1 aromatic rings. The number of hydrogen-bond donors (Lipinski definition) is 2. The number of halogens is 1. The number of rotatable bonds is 4. The van der Waals surface area contributed by atoms with Crippen molar-refractivity contribution in [3.63, 3.8) is 0 Å². The minimum absolute atomic E-state index is 0.000720. The van der Waals surface area contributed by atoms with Crippen molar-refractivity contribution in [1.29, 1.82) is 0 Å². The molecule has 1 aromatic carbocycles. The van der Waals surface area contributed by atoms with Gasteiger partial charge in [0.15, 0.2) is 0 Å². The van der Waals surface area contributed by atoms with Crippen molar-refractivity contribution in [3.05, 3.63) is 29.3 Å². The van der Waals surface area contributed by atoms with E-state index < -0.39 is 0 Å². The van der Waals surface area contributed by atoms with Gasteiger partial charge in [-0.25, -0.2) is 0 Å². The molecule has 0 bridgehead atoms. The Balaban J connectivity index is 1.74. The molecule has 2 N–H and O–H groups in total. The molecule has 92 valence electrons. The van der Waals surface area contributed by atoms with Crippen molar-refractivity contribution in [2.24, 2.45) is 0 Å². The average Bonchev–Trinajstić information content (AvgIpc) is 2.83. The fourth-order valence-electron chi connectivity index (χ4n) is 2.11. The van der Waals surface area contributed by atoms with Crippen LogP contribution in [0.2, 0.25) is 5.02 Å². The maximum Gasteiger partial charge on any atom is 0.238 e. The SMILES string of the molecule is O=C(CNC1CCCC1)Nc1ccc(Cl)cc1. The summed E-state index contributed by atoms with van der Waals surface area (Å²) < 4.78 is 0. The van der Waals surface area contributed by atoms with Crippen LogP contribution in [0.25, 0.3) is 0 Å². The first kappa shape index (κ1) is 12.4. The molecule has 1 amide bonds. The summed E-state index contributed by atoms with van der Waals surface area (Å²) in [5.74, 6) is -0.000720. The molecule has 0 heterocycles. The van der Waals surface area contributed by atoms with Gasteiger partial charge in [-0.2, -0.15) is 0 Å². The molecule has 0 spiro atoms. The van der Waals surface area contributed by atoms with Gasteiger partial charge in [0.1, 0.15) is 0 Å². The lowest BCUT2D eigenvalue weighted by Crippen LogP contribution is -2.34.